The molecule has 0 aromatic heterocycles. The maximum absolute atomic E-state index is 12.3. The molecule has 2 amide bonds. The Kier molecular flexibility index (Phi) is 6.81. The first-order chi connectivity index (χ1) is 13.9. The van der Waals surface area contributed by atoms with E-state index in [9.17, 15) is 9.59 Å². The minimum Gasteiger partial charge on any atom is -0.326 e. The Morgan fingerprint density at radius 2 is 1.59 bits per heavy atom. The van der Waals surface area contributed by atoms with Crippen molar-refractivity contribution in [3.8, 4) is 0 Å². The summed E-state index contributed by atoms with van der Waals surface area (Å²) in [5.74, 6) is -0.0982. The molecule has 3 rings (SSSR count). The van der Waals surface area contributed by atoms with Crippen LogP contribution in [0.25, 0.3) is 0 Å². The van der Waals surface area contributed by atoms with E-state index in [1.165, 1.54) is 12.0 Å². The van der Waals surface area contributed by atoms with E-state index in [-0.39, 0.29) is 17.7 Å². The van der Waals surface area contributed by atoms with Gasteiger partial charge in [-0.15, -0.1) is 0 Å². The molecule has 29 heavy (non-hydrogen) atoms. The maximum Gasteiger partial charge on any atom is 0.271 e. The van der Waals surface area contributed by atoms with E-state index in [0.29, 0.717) is 11.3 Å². The van der Waals surface area contributed by atoms with Crippen LogP contribution in [0.5, 0.6) is 0 Å². The van der Waals surface area contributed by atoms with Gasteiger partial charge in [-0.25, -0.2) is 5.43 Å². The van der Waals surface area contributed by atoms with E-state index in [2.05, 4.69) is 34.9 Å². The van der Waals surface area contributed by atoms with Crippen LogP contribution in [0.1, 0.15) is 64.7 Å². The number of anilines is 1. The summed E-state index contributed by atoms with van der Waals surface area (Å²) >= 11 is 0. The molecule has 0 bridgehead atoms. The van der Waals surface area contributed by atoms with Gasteiger partial charge in [-0.2, -0.15) is 5.10 Å². The summed E-state index contributed by atoms with van der Waals surface area (Å²) in [6.45, 7) is 6.12. The maximum atomic E-state index is 12.3. The van der Waals surface area contributed by atoms with Gasteiger partial charge in [-0.1, -0.05) is 37.0 Å². The molecule has 2 aromatic carbocycles. The van der Waals surface area contributed by atoms with Crippen LogP contribution < -0.4 is 10.7 Å². The molecule has 0 atom stereocenters. The summed E-state index contributed by atoms with van der Waals surface area (Å²) in [6.07, 6.45) is 7.08. The molecular weight excluding hydrogens is 362 g/mol. The van der Waals surface area contributed by atoms with E-state index < -0.39 is 0 Å². The van der Waals surface area contributed by atoms with Crippen LogP contribution in [0.4, 0.5) is 5.69 Å². The average molecular weight is 392 g/mol. The second kappa shape index (κ2) is 9.50. The van der Waals surface area contributed by atoms with Crippen LogP contribution in [-0.4, -0.2) is 18.0 Å². The fourth-order valence-electron chi connectivity index (χ4n) is 3.93. The van der Waals surface area contributed by atoms with Crippen LogP contribution in [0, 0.1) is 26.7 Å². The smallest absolute Gasteiger partial charge is 0.271 e. The number of hydrogen-bond donors (Lipinski definition) is 2. The Morgan fingerprint density at radius 1 is 0.966 bits per heavy atom. The molecule has 1 aliphatic carbocycles. The third-order valence-electron chi connectivity index (χ3n) is 5.49. The zero-order valence-electron chi connectivity index (χ0n) is 17.4. The molecule has 0 aliphatic heterocycles. The molecule has 152 valence electrons. The molecule has 0 heterocycles. The van der Waals surface area contributed by atoms with Crippen molar-refractivity contribution in [2.45, 2.75) is 52.9 Å². The molecule has 5 heteroatoms. The molecule has 2 N–H and O–H groups in total. The number of nitrogens with one attached hydrogen (secondary N) is 2. The highest BCUT2D eigenvalue weighted by Crippen LogP contribution is 2.25. The molecular formula is C24H29N3O2. The quantitative estimate of drug-likeness (QED) is 0.562. The second-order valence-corrected chi connectivity index (χ2v) is 7.91. The molecule has 2 aromatic rings. The van der Waals surface area contributed by atoms with Crippen LogP contribution in [0.2, 0.25) is 0 Å². The van der Waals surface area contributed by atoms with Crippen molar-refractivity contribution in [3.05, 3.63) is 64.2 Å². The highest BCUT2D eigenvalue weighted by Gasteiger charge is 2.21. The van der Waals surface area contributed by atoms with Crippen LogP contribution in [0.3, 0.4) is 0 Å². The highest BCUT2D eigenvalue weighted by molar-refractivity contribution is 5.96. The zero-order chi connectivity index (χ0) is 20.8. The molecule has 1 saturated carbocycles. The molecule has 0 unspecified atom stereocenters. The Balaban J connectivity index is 1.57. The fraction of sp³-hybridized carbons (Fsp3) is 0.375. The second-order valence-electron chi connectivity index (χ2n) is 7.91. The predicted octanol–water partition coefficient (Wildman–Crippen LogP) is 4.89. The molecule has 5 nitrogen and oxygen atoms in total. The summed E-state index contributed by atoms with van der Waals surface area (Å²) in [5, 5.41) is 7.07. The van der Waals surface area contributed by atoms with Gasteiger partial charge in [0.05, 0.1) is 6.21 Å². The SMILES string of the molecule is Cc1cc(C)c(C=NNC(=O)c2ccc(NC(=O)C3CCCCC3)cc2)c(C)c1. The summed E-state index contributed by atoms with van der Waals surface area (Å²) in [7, 11) is 0. The van der Waals surface area contributed by atoms with Gasteiger partial charge >= 0.3 is 0 Å². The van der Waals surface area contributed by atoms with Crippen molar-refractivity contribution in [1.29, 1.82) is 0 Å². The van der Waals surface area contributed by atoms with Crippen molar-refractivity contribution >= 4 is 23.7 Å². The summed E-state index contributed by atoms with van der Waals surface area (Å²) in [4.78, 5) is 24.7. The lowest BCUT2D eigenvalue weighted by molar-refractivity contribution is -0.120. The van der Waals surface area contributed by atoms with Gasteiger partial charge in [0.25, 0.3) is 5.91 Å². The predicted molar refractivity (Wildman–Crippen MR) is 117 cm³/mol. The van der Waals surface area contributed by atoms with Gasteiger partial charge in [-0.05, 0) is 69.0 Å². The van der Waals surface area contributed by atoms with Crippen LogP contribution in [-0.2, 0) is 4.79 Å². The molecule has 1 aliphatic rings. The first kappa shape index (κ1) is 20.8. The zero-order valence-corrected chi connectivity index (χ0v) is 17.4. The van der Waals surface area contributed by atoms with E-state index in [4.69, 9.17) is 0 Å². The molecule has 1 fully saturated rings. The lowest BCUT2D eigenvalue weighted by Gasteiger charge is -2.20. The van der Waals surface area contributed by atoms with Crippen molar-refractivity contribution in [1.82, 2.24) is 5.43 Å². The summed E-state index contributed by atoms with van der Waals surface area (Å²) < 4.78 is 0. The Bertz CT molecular complexity index is 887. The van der Waals surface area contributed by atoms with E-state index in [1.807, 2.05) is 13.8 Å². The normalized spacial score (nSPS) is 14.7. The van der Waals surface area contributed by atoms with Gasteiger partial charge in [0.2, 0.25) is 5.91 Å². The summed E-state index contributed by atoms with van der Waals surface area (Å²) in [5.41, 5.74) is 8.25. The van der Waals surface area contributed by atoms with E-state index in [1.54, 1.807) is 30.5 Å². The first-order valence-electron chi connectivity index (χ1n) is 10.3. The number of carbonyl (C=O) groups excluding carboxylic acids is 2. The van der Waals surface area contributed by atoms with Gasteiger partial charge in [0, 0.05) is 22.7 Å². The highest BCUT2D eigenvalue weighted by atomic mass is 16.2. The van der Waals surface area contributed by atoms with E-state index in [0.717, 1.165) is 42.4 Å². The van der Waals surface area contributed by atoms with Crippen LogP contribution >= 0.6 is 0 Å². The topological polar surface area (TPSA) is 70.6 Å². The first-order valence-corrected chi connectivity index (χ1v) is 10.3. The van der Waals surface area contributed by atoms with Gasteiger partial charge < -0.3 is 5.32 Å². The third-order valence-corrected chi connectivity index (χ3v) is 5.49. The van der Waals surface area contributed by atoms with Gasteiger partial charge in [-0.3, -0.25) is 9.59 Å². The number of nitrogens with zero attached hydrogens (tertiary/aromatic N) is 1. The Hall–Kier alpha value is -2.95. The summed E-state index contributed by atoms with van der Waals surface area (Å²) in [6, 6.07) is 11.1. The fourth-order valence-corrected chi connectivity index (χ4v) is 3.93. The standard InChI is InChI=1S/C24H29N3O2/c1-16-13-17(2)22(18(3)14-16)15-25-27-24(29)20-9-11-21(12-10-20)26-23(28)19-7-5-4-6-8-19/h9-15,19H,4-8H2,1-3H3,(H,26,28)(H,27,29). The molecule has 0 spiro atoms. The minimum absolute atomic E-state index is 0.0790. The number of carbonyl (C=O) groups is 2. The molecule has 0 radical (unpaired) electrons. The van der Waals surface area contributed by atoms with Crippen molar-refractivity contribution in [2.24, 2.45) is 11.0 Å². The Morgan fingerprint density at radius 3 is 2.21 bits per heavy atom. The number of aryl methyl sites for hydroxylation is 3. The van der Waals surface area contributed by atoms with Crippen molar-refractivity contribution < 1.29 is 9.59 Å². The van der Waals surface area contributed by atoms with Crippen molar-refractivity contribution in [3.63, 3.8) is 0 Å². The number of hydrazone groups is 1. The van der Waals surface area contributed by atoms with Gasteiger partial charge in [0.1, 0.15) is 0 Å². The molecule has 0 saturated heterocycles. The number of rotatable bonds is 5. The largest absolute Gasteiger partial charge is 0.326 e. The lowest BCUT2D eigenvalue weighted by atomic mass is 9.88. The number of amides is 2. The lowest BCUT2D eigenvalue weighted by Crippen LogP contribution is -2.24. The Labute approximate surface area is 172 Å². The van der Waals surface area contributed by atoms with Crippen LogP contribution in [0.15, 0.2) is 41.5 Å². The van der Waals surface area contributed by atoms with Gasteiger partial charge in [0.15, 0.2) is 0 Å². The monoisotopic (exact) mass is 391 g/mol. The van der Waals surface area contributed by atoms with Crippen molar-refractivity contribution in [2.75, 3.05) is 5.32 Å². The third kappa shape index (κ3) is 5.53. The van der Waals surface area contributed by atoms with E-state index >= 15 is 0 Å². The minimum atomic E-state index is -0.283. The average Bonchev–Trinajstić information content (AvgIpc) is 2.71. The number of hydrogen-bond acceptors (Lipinski definition) is 3. The number of benzene rings is 2.